The summed E-state index contributed by atoms with van der Waals surface area (Å²) in [4.78, 5) is 3.85. The summed E-state index contributed by atoms with van der Waals surface area (Å²) >= 11 is 0. The normalized spacial score (nSPS) is 22.8. The van der Waals surface area contributed by atoms with Crippen LogP contribution in [0.2, 0.25) is 0 Å². The molecule has 1 heterocycles. The Morgan fingerprint density at radius 3 is 2.50 bits per heavy atom. The molecule has 3 nitrogen and oxygen atoms in total. The summed E-state index contributed by atoms with van der Waals surface area (Å²) in [5, 5.41) is 3.76. The molecular formula is C5H9N3. The van der Waals surface area contributed by atoms with Gasteiger partial charge in [-0.3, -0.25) is 5.43 Å². The highest BCUT2D eigenvalue weighted by Crippen LogP contribution is 1.98. The molecule has 3 heteroatoms. The van der Waals surface area contributed by atoms with E-state index in [2.05, 4.69) is 15.5 Å². The van der Waals surface area contributed by atoms with E-state index in [1.54, 1.807) is 0 Å². The molecule has 0 saturated heterocycles. The van der Waals surface area contributed by atoms with Gasteiger partial charge in [0.2, 0.25) is 0 Å². The third kappa shape index (κ3) is 1.05. The van der Waals surface area contributed by atoms with E-state index in [-0.39, 0.29) is 5.54 Å². The molecule has 0 radical (unpaired) electrons. The number of hydrogen-bond acceptors (Lipinski definition) is 3. The Labute approximate surface area is 48.5 Å². The summed E-state index contributed by atoms with van der Waals surface area (Å²) in [6.07, 6.45) is 3.31. The Balaban J connectivity index is 2.65. The van der Waals surface area contributed by atoms with Crippen LogP contribution in [0.25, 0.3) is 0 Å². The van der Waals surface area contributed by atoms with Crippen molar-refractivity contribution in [3.63, 3.8) is 0 Å². The van der Waals surface area contributed by atoms with Gasteiger partial charge in [-0.1, -0.05) is 0 Å². The molecule has 0 spiro atoms. The van der Waals surface area contributed by atoms with E-state index in [1.807, 2.05) is 20.1 Å². The molecule has 0 saturated carbocycles. The van der Waals surface area contributed by atoms with Gasteiger partial charge in [-0.2, -0.15) is 5.10 Å². The lowest BCUT2D eigenvalue weighted by Crippen LogP contribution is -2.38. The van der Waals surface area contributed by atoms with Crippen LogP contribution in [0.15, 0.2) is 10.1 Å². The lowest BCUT2D eigenvalue weighted by atomic mass is 10.1. The van der Waals surface area contributed by atoms with E-state index in [9.17, 15) is 0 Å². The molecule has 0 atom stereocenters. The molecule has 8 heavy (non-hydrogen) atoms. The molecule has 0 aromatic heterocycles. The third-order valence-electron chi connectivity index (χ3n) is 0.874. The summed E-state index contributed by atoms with van der Waals surface area (Å²) in [7, 11) is 0. The molecule has 0 amide bonds. The minimum absolute atomic E-state index is 0.0608. The van der Waals surface area contributed by atoms with E-state index in [1.165, 1.54) is 6.34 Å². The Kier molecular flexibility index (Phi) is 1.04. The summed E-state index contributed by atoms with van der Waals surface area (Å²) in [6, 6.07) is 0. The van der Waals surface area contributed by atoms with Gasteiger partial charge in [-0.05, 0) is 13.8 Å². The molecule has 0 unspecified atom stereocenters. The first-order valence-corrected chi connectivity index (χ1v) is 2.54. The van der Waals surface area contributed by atoms with Gasteiger partial charge in [0.05, 0.1) is 5.54 Å². The van der Waals surface area contributed by atoms with Crippen LogP contribution in [0.5, 0.6) is 0 Å². The Bertz CT molecular complexity index is 135. The molecule has 44 valence electrons. The summed E-state index contributed by atoms with van der Waals surface area (Å²) < 4.78 is 0. The molecule has 1 aliphatic heterocycles. The van der Waals surface area contributed by atoms with Crippen molar-refractivity contribution in [1.29, 1.82) is 0 Å². The predicted molar refractivity (Wildman–Crippen MR) is 34.2 cm³/mol. The van der Waals surface area contributed by atoms with E-state index < -0.39 is 0 Å². The minimum Gasteiger partial charge on any atom is -0.298 e. The van der Waals surface area contributed by atoms with E-state index in [0.29, 0.717) is 0 Å². The fourth-order valence-electron chi connectivity index (χ4n) is 0.477. The van der Waals surface area contributed by atoms with Gasteiger partial charge in [0.1, 0.15) is 6.34 Å². The monoisotopic (exact) mass is 111 g/mol. The van der Waals surface area contributed by atoms with Crippen molar-refractivity contribution in [2.45, 2.75) is 19.4 Å². The minimum atomic E-state index is -0.0608. The first-order valence-electron chi connectivity index (χ1n) is 2.54. The fourth-order valence-corrected chi connectivity index (χ4v) is 0.477. The van der Waals surface area contributed by atoms with Crippen molar-refractivity contribution >= 4 is 12.6 Å². The second kappa shape index (κ2) is 1.58. The quantitative estimate of drug-likeness (QED) is 0.482. The fraction of sp³-hybridized carbons (Fsp3) is 0.600. The zero-order valence-electron chi connectivity index (χ0n) is 5.05. The first kappa shape index (κ1) is 5.28. The van der Waals surface area contributed by atoms with Crippen molar-refractivity contribution in [3.05, 3.63) is 0 Å². The highest BCUT2D eigenvalue weighted by atomic mass is 15.3. The number of hydrogen-bond donors (Lipinski definition) is 1. The van der Waals surface area contributed by atoms with Crippen molar-refractivity contribution in [3.8, 4) is 0 Å². The van der Waals surface area contributed by atoms with Gasteiger partial charge < -0.3 is 0 Å². The number of aliphatic imine (C=N–C) groups is 1. The highest BCUT2D eigenvalue weighted by molar-refractivity contribution is 5.80. The van der Waals surface area contributed by atoms with Crippen LogP contribution >= 0.6 is 0 Å². The average Bonchev–Trinajstić information content (AvgIpc) is 1.65. The predicted octanol–water partition coefficient (Wildman–Crippen LogP) is 0.382. The summed E-state index contributed by atoms with van der Waals surface area (Å²) in [6.45, 7) is 4.01. The largest absolute Gasteiger partial charge is 0.298 e. The van der Waals surface area contributed by atoms with Crippen molar-refractivity contribution in [2.75, 3.05) is 0 Å². The molecule has 1 rings (SSSR count). The average molecular weight is 111 g/mol. The van der Waals surface area contributed by atoms with E-state index in [4.69, 9.17) is 0 Å². The number of nitrogens with zero attached hydrogens (tertiary/aromatic N) is 2. The zero-order valence-corrected chi connectivity index (χ0v) is 5.05. The van der Waals surface area contributed by atoms with Gasteiger partial charge in [-0.25, -0.2) is 4.99 Å². The van der Waals surface area contributed by atoms with Crippen LogP contribution in [0.1, 0.15) is 13.8 Å². The molecule has 0 bridgehead atoms. The molecule has 0 fully saturated rings. The van der Waals surface area contributed by atoms with Crippen LogP contribution in [0.4, 0.5) is 0 Å². The van der Waals surface area contributed by atoms with Gasteiger partial charge in [0.25, 0.3) is 0 Å². The van der Waals surface area contributed by atoms with Gasteiger partial charge in [0.15, 0.2) is 0 Å². The lowest BCUT2D eigenvalue weighted by Gasteiger charge is -2.19. The standard InChI is InChI=1S/C5H9N3/c1-5(2)3-6-4-7-8-5/h3-4,8H,1-2H3. The number of hydrazone groups is 1. The second-order valence-corrected chi connectivity index (χ2v) is 2.36. The maximum absolute atomic E-state index is 3.85. The topological polar surface area (TPSA) is 36.8 Å². The van der Waals surface area contributed by atoms with Gasteiger partial charge in [0, 0.05) is 6.21 Å². The Morgan fingerprint density at radius 1 is 1.50 bits per heavy atom. The van der Waals surface area contributed by atoms with E-state index in [0.717, 1.165) is 0 Å². The number of nitrogens with one attached hydrogen (secondary N) is 1. The third-order valence-corrected chi connectivity index (χ3v) is 0.874. The molecular weight excluding hydrogens is 102 g/mol. The van der Waals surface area contributed by atoms with Gasteiger partial charge in [-0.15, -0.1) is 0 Å². The van der Waals surface area contributed by atoms with Crippen LogP contribution in [0.3, 0.4) is 0 Å². The summed E-state index contributed by atoms with van der Waals surface area (Å²) in [5.41, 5.74) is 2.82. The molecule has 0 aromatic carbocycles. The van der Waals surface area contributed by atoms with Crippen LogP contribution in [-0.2, 0) is 0 Å². The maximum atomic E-state index is 3.85. The van der Waals surface area contributed by atoms with Crippen molar-refractivity contribution in [2.24, 2.45) is 10.1 Å². The Hall–Kier alpha value is -0.860. The molecule has 0 aliphatic carbocycles. The highest BCUT2D eigenvalue weighted by Gasteiger charge is 2.13. The maximum Gasteiger partial charge on any atom is 0.134 e. The lowest BCUT2D eigenvalue weighted by molar-refractivity contribution is 0.532. The second-order valence-electron chi connectivity index (χ2n) is 2.36. The van der Waals surface area contributed by atoms with Crippen molar-refractivity contribution in [1.82, 2.24) is 5.43 Å². The van der Waals surface area contributed by atoms with Crippen LogP contribution in [-0.4, -0.2) is 18.1 Å². The first-order chi connectivity index (χ1) is 3.71. The molecule has 0 aromatic rings. The van der Waals surface area contributed by atoms with Crippen molar-refractivity contribution < 1.29 is 0 Å². The molecule has 1 N–H and O–H groups in total. The van der Waals surface area contributed by atoms with Crippen LogP contribution < -0.4 is 5.43 Å². The van der Waals surface area contributed by atoms with E-state index >= 15 is 0 Å². The summed E-state index contributed by atoms with van der Waals surface area (Å²) in [5.74, 6) is 0. The van der Waals surface area contributed by atoms with Gasteiger partial charge >= 0.3 is 0 Å². The smallest absolute Gasteiger partial charge is 0.134 e. The Morgan fingerprint density at radius 2 is 2.25 bits per heavy atom. The SMILES string of the molecule is CC1(C)C=NC=NN1. The number of rotatable bonds is 0. The van der Waals surface area contributed by atoms with Crippen LogP contribution in [0, 0.1) is 0 Å². The molecule has 1 aliphatic rings. The zero-order chi connectivity index (χ0) is 6.04.